The molecular formula is C76H119N15O15. The molecule has 0 aliphatic carbocycles. The maximum Gasteiger partial charge on any atom is 0.326 e. The molecule has 0 aliphatic rings. The number of unbranched alkanes of at least 4 members (excludes halogenated alkanes) is 2. The van der Waals surface area contributed by atoms with Crippen LogP contribution in [0.5, 0.6) is 0 Å². The Morgan fingerprint density at radius 2 is 0.689 bits per heavy atom. The van der Waals surface area contributed by atoms with Crippen LogP contribution in [0.15, 0.2) is 91.0 Å². The quantitative estimate of drug-likeness (QED) is 0.0346. The number of carboxylic acids is 1. The highest BCUT2D eigenvalue weighted by atomic mass is 16.4. The highest BCUT2D eigenvalue weighted by molar-refractivity contribution is 5.99. The van der Waals surface area contributed by atoms with E-state index in [0.717, 1.165) is 5.56 Å². The van der Waals surface area contributed by atoms with Crippen LogP contribution in [0.4, 0.5) is 0 Å². The minimum Gasteiger partial charge on any atom is -0.480 e. The van der Waals surface area contributed by atoms with Crippen LogP contribution in [0.3, 0.4) is 0 Å². The summed E-state index contributed by atoms with van der Waals surface area (Å²) >= 11 is 0. The van der Waals surface area contributed by atoms with Gasteiger partial charge in [0.25, 0.3) is 0 Å². The van der Waals surface area contributed by atoms with E-state index < -0.39 is 181 Å². The molecule has 0 bridgehead atoms. The molecule has 0 heterocycles. The van der Waals surface area contributed by atoms with E-state index in [1.165, 1.54) is 0 Å². The third kappa shape index (κ3) is 32.1. The molecule has 20 N–H and O–H groups in total. The fourth-order valence-electron chi connectivity index (χ4n) is 11.4. The molecule has 3 rings (SSSR count). The molecule has 3 aromatic carbocycles. The number of hydrogen-bond acceptors (Lipinski definition) is 17. The molecule has 0 saturated carbocycles. The van der Waals surface area contributed by atoms with Crippen LogP contribution in [0.2, 0.25) is 0 Å². The van der Waals surface area contributed by atoms with Gasteiger partial charge in [-0.1, -0.05) is 186 Å². The van der Waals surface area contributed by atoms with Gasteiger partial charge >= 0.3 is 5.97 Å². The van der Waals surface area contributed by atoms with Crippen LogP contribution < -0.4 is 81.0 Å². The Morgan fingerprint density at radius 1 is 0.358 bits per heavy atom. The van der Waals surface area contributed by atoms with Gasteiger partial charge in [0.15, 0.2) is 0 Å². The zero-order valence-electron chi connectivity index (χ0n) is 63.3. The van der Waals surface area contributed by atoms with Crippen LogP contribution in [0, 0.1) is 29.6 Å². The molecule has 0 fully saturated rings. The largest absolute Gasteiger partial charge is 0.480 e. The highest BCUT2D eigenvalue weighted by Gasteiger charge is 2.39. The number of amides is 12. The molecule has 106 heavy (non-hydrogen) atoms. The molecule has 0 aromatic heterocycles. The minimum atomic E-state index is -1.72. The van der Waals surface area contributed by atoms with Gasteiger partial charge in [-0.3, -0.25) is 57.5 Å². The zero-order chi connectivity index (χ0) is 79.0. The number of carbonyl (C=O) groups is 13. The summed E-state index contributed by atoms with van der Waals surface area (Å²) in [5, 5.41) is 52.6. The Morgan fingerprint density at radius 3 is 1.12 bits per heavy atom. The van der Waals surface area contributed by atoms with Crippen molar-refractivity contribution in [3.05, 3.63) is 108 Å². The van der Waals surface area contributed by atoms with Gasteiger partial charge in [-0.05, 0) is 111 Å². The Balaban J connectivity index is 1.82. The van der Waals surface area contributed by atoms with Gasteiger partial charge < -0.3 is 91.2 Å². The summed E-state index contributed by atoms with van der Waals surface area (Å²) in [5.74, 6) is -12.9. The van der Waals surface area contributed by atoms with Gasteiger partial charge in [0.1, 0.15) is 60.4 Å². The summed E-state index contributed by atoms with van der Waals surface area (Å²) in [7, 11) is 0. The number of aliphatic carboxylic acids is 1. The first-order valence-electron chi connectivity index (χ1n) is 37.1. The summed E-state index contributed by atoms with van der Waals surface area (Å²) in [4.78, 5) is 181. The third-order valence-corrected chi connectivity index (χ3v) is 18.8. The standard InChI is InChI=1S/C76H119N15O15/c1-11-46(7)62(89-66(95)53(79)39-50-28-18-15-19-29-50)72(101)81-42-60(93)80-43-61(94)88-63(47(8)12-2)75(104)91-65(49(10)14-4)74(103)87-59(44-92)71(100)85-57(40-51-30-20-16-21-31-51)70(99)90-64(48(9)13-3)73(102)83-55(35-25-27-37-78)67(96)82-54(34-24-26-36-77)68(97)84-56(38-45(5)6)69(98)86-58(76(105)106)41-52-32-22-17-23-33-52/h15-23,28-33,45-49,53-59,62-65,92H,11-14,24-27,34-44,77-79H2,1-10H3,(H,80,93)(H,81,101)(H,82,96)(H,83,102)(H,84,97)(H,85,100)(H,86,98)(H,87,103)(H,88,94)(H,89,95)(H,90,99)(H,91,104)(H,105,106). The van der Waals surface area contributed by atoms with E-state index >= 15 is 0 Å². The number of nitrogens with one attached hydrogen (secondary N) is 12. The van der Waals surface area contributed by atoms with Crippen LogP contribution in [0.1, 0.15) is 157 Å². The second kappa shape index (κ2) is 48.7. The molecule has 0 radical (unpaired) electrons. The molecule has 30 nitrogen and oxygen atoms in total. The first-order valence-corrected chi connectivity index (χ1v) is 37.1. The van der Waals surface area contributed by atoms with Crippen molar-refractivity contribution in [3.63, 3.8) is 0 Å². The van der Waals surface area contributed by atoms with Gasteiger partial charge in [-0.15, -0.1) is 0 Å². The monoisotopic (exact) mass is 1480 g/mol. The second-order valence-electron chi connectivity index (χ2n) is 27.8. The lowest BCUT2D eigenvalue weighted by Crippen LogP contribution is -2.62. The lowest BCUT2D eigenvalue weighted by molar-refractivity contribution is -0.142. The molecule has 3 aromatic rings. The first kappa shape index (κ1) is 90.8. The summed E-state index contributed by atoms with van der Waals surface area (Å²) in [6.45, 7) is 15.9. The Hall–Kier alpha value is -9.39. The topological polar surface area (TPSA) is 485 Å². The normalized spacial score (nSPS) is 15.5. The number of carbonyl (C=O) groups excluding carboxylic acids is 12. The minimum absolute atomic E-state index is 0.0288. The smallest absolute Gasteiger partial charge is 0.326 e. The summed E-state index contributed by atoms with van der Waals surface area (Å²) in [6, 6.07) is 12.1. The van der Waals surface area contributed by atoms with Crippen molar-refractivity contribution in [2.75, 3.05) is 32.8 Å². The third-order valence-electron chi connectivity index (χ3n) is 18.8. The van der Waals surface area contributed by atoms with Gasteiger partial charge in [0.05, 0.1) is 25.7 Å². The van der Waals surface area contributed by atoms with Crippen molar-refractivity contribution >= 4 is 76.9 Å². The summed E-state index contributed by atoms with van der Waals surface area (Å²) < 4.78 is 0. The van der Waals surface area contributed by atoms with Crippen LogP contribution >= 0.6 is 0 Å². The van der Waals surface area contributed by atoms with Crippen LogP contribution in [0.25, 0.3) is 0 Å². The number of carboxylic acid groups (broad SMARTS) is 1. The Kier molecular flexibility index (Phi) is 41.7. The Labute approximate surface area is 623 Å². The van der Waals surface area contributed by atoms with Crippen LogP contribution in [-0.4, -0.2) is 186 Å². The summed E-state index contributed by atoms with van der Waals surface area (Å²) in [5.41, 5.74) is 19.9. The molecule has 0 spiro atoms. The second-order valence-corrected chi connectivity index (χ2v) is 27.8. The molecule has 0 aliphatic heterocycles. The first-order chi connectivity index (χ1) is 50.4. The van der Waals surface area contributed by atoms with Gasteiger partial charge in [0.2, 0.25) is 70.9 Å². The van der Waals surface area contributed by atoms with Crippen LogP contribution in [-0.2, 0) is 81.6 Å². The van der Waals surface area contributed by atoms with Crippen molar-refractivity contribution in [1.82, 2.24) is 63.8 Å². The highest BCUT2D eigenvalue weighted by Crippen LogP contribution is 2.18. The maximum absolute atomic E-state index is 14.8. The van der Waals surface area contributed by atoms with E-state index in [0.29, 0.717) is 62.5 Å². The van der Waals surface area contributed by atoms with Gasteiger partial charge in [0, 0.05) is 12.8 Å². The molecule has 0 saturated heterocycles. The number of aliphatic hydroxyl groups excluding tert-OH is 1. The van der Waals surface area contributed by atoms with E-state index in [1.807, 2.05) is 51.1 Å². The van der Waals surface area contributed by atoms with E-state index in [-0.39, 0.29) is 63.5 Å². The average molecular weight is 1480 g/mol. The lowest BCUT2D eigenvalue weighted by atomic mass is 9.94. The maximum atomic E-state index is 14.8. The van der Waals surface area contributed by atoms with Crippen molar-refractivity contribution in [3.8, 4) is 0 Å². The fourth-order valence-corrected chi connectivity index (χ4v) is 11.4. The number of benzene rings is 3. The molecule has 588 valence electrons. The van der Waals surface area contributed by atoms with Crippen molar-refractivity contribution in [1.29, 1.82) is 0 Å². The fraction of sp³-hybridized carbons (Fsp3) is 0.592. The molecule has 30 heteroatoms. The van der Waals surface area contributed by atoms with Gasteiger partial charge in [-0.2, -0.15) is 0 Å². The van der Waals surface area contributed by atoms with E-state index in [1.54, 1.807) is 109 Å². The molecule has 12 amide bonds. The van der Waals surface area contributed by atoms with Gasteiger partial charge in [-0.25, -0.2) is 4.79 Å². The van der Waals surface area contributed by atoms with Crippen molar-refractivity contribution < 1.29 is 72.5 Å². The van der Waals surface area contributed by atoms with E-state index in [2.05, 4.69) is 63.8 Å². The Bertz CT molecular complexity index is 3280. The van der Waals surface area contributed by atoms with E-state index in [4.69, 9.17) is 17.2 Å². The lowest BCUT2D eigenvalue weighted by Gasteiger charge is -2.30. The number of nitrogens with two attached hydrogens (primary N) is 3. The predicted octanol–water partition coefficient (Wildman–Crippen LogP) is 0.688. The van der Waals surface area contributed by atoms with E-state index in [9.17, 15) is 72.5 Å². The number of rotatable bonds is 50. The molecular weight excluding hydrogens is 1360 g/mol. The number of hydrogen-bond donors (Lipinski definition) is 17. The SMILES string of the molecule is CCC(C)C(NC(=O)CNC(=O)CNC(=O)C(NC(=O)C(N)Cc1ccccc1)C(C)CC)C(=O)NC(C(=O)NC(CO)C(=O)NC(Cc1ccccc1)C(=O)NC(C(=O)NC(CCCCN)C(=O)NC(CCCCN)C(=O)NC(CC(C)C)C(=O)NC(Cc1ccccc1)C(=O)O)C(C)CC)C(C)CC. The summed E-state index contributed by atoms with van der Waals surface area (Å²) in [6.07, 6.45) is 3.36. The predicted molar refractivity (Wildman–Crippen MR) is 402 cm³/mol. The van der Waals surface area contributed by atoms with Crippen molar-refractivity contribution in [2.24, 2.45) is 46.8 Å². The molecule has 15 unspecified atom stereocenters. The van der Waals surface area contributed by atoms with Crippen molar-refractivity contribution in [2.45, 2.75) is 226 Å². The number of aliphatic hydroxyl groups is 1. The zero-order valence-corrected chi connectivity index (χ0v) is 63.3. The molecule has 15 atom stereocenters. The average Bonchev–Trinajstić information content (AvgIpc) is 0.844.